The minimum atomic E-state index is -2.27. The van der Waals surface area contributed by atoms with Gasteiger partial charge in [-0.2, -0.15) is 5.10 Å². The number of halogens is 2. The highest BCUT2D eigenvalue weighted by Gasteiger charge is 2.51. The smallest absolute Gasteiger partial charge is 0.410 e. The summed E-state index contributed by atoms with van der Waals surface area (Å²) in [6.07, 6.45) is 2.29. The molecule has 3 atom stereocenters. The number of carbonyl (C=O) groups is 2. The number of aryl methyl sites for hydroxylation is 1. The van der Waals surface area contributed by atoms with Crippen molar-refractivity contribution in [3.8, 4) is 28.5 Å². The van der Waals surface area contributed by atoms with Gasteiger partial charge in [0.1, 0.15) is 36.5 Å². The molecule has 0 radical (unpaired) electrons. The molecule has 1 amide bonds. The molecule has 3 aliphatic rings. The number of hydrogen-bond acceptors (Lipinski definition) is 7. The second-order valence-corrected chi connectivity index (χ2v) is 22.3. The maximum Gasteiger partial charge on any atom is 0.410 e. The van der Waals surface area contributed by atoms with Gasteiger partial charge in [-0.15, -0.1) is 5.54 Å². The van der Waals surface area contributed by atoms with Crippen LogP contribution in [0.1, 0.15) is 92.3 Å². The highest BCUT2D eigenvalue weighted by Crippen LogP contribution is 2.46. The number of nitrogens with zero attached hydrogens (tertiary/aromatic N) is 4. The van der Waals surface area contributed by atoms with Gasteiger partial charge >= 0.3 is 6.09 Å². The Morgan fingerprint density at radius 1 is 1.06 bits per heavy atom. The van der Waals surface area contributed by atoms with Crippen molar-refractivity contribution >= 4 is 41.6 Å². The van der Waals surface area contributed by atoms with Gasteiger partial charge in [-0.3, -0.25) is 19.4 Å². The number of fused-ring (bicyclic) bond motifs is 5. The molecule has 7 rings (SSSR count). The quantitative estimate of drug-likeness (QED) is 0.100. The Labute approximate surface area is 317 Å². The number of carbonyl (C=O) groups excluding carboxylic acids is 2. The van der Waals surface area contributed by atoms with Gasteiger partial charge in [0.15, 0.2) is 18.4 Å². The van der Waals surface area contributed by atoms with Crippen molar-refractivity contribution in [3.05, 3.63) is 53.4 Å². The number of piperidine rings is 2. The number of ketones is 1. The van der Waals surface area contributed by atoms with Crippen LogP contribution in [0.2, 0.25) is 16.6 Å². The third-order valence-corrected chi connectivity index (χ3v) is 17.7. The van der Waals surface area contributed by atoms with Crippen LogP contribution in [0.25, 0.3) is 32.9 Å². The number of pyridine rings is 1. The van der Waals surface area contributed by atoms with Crippen molar-refractivity contribution in [1.29, 1.82) is 0 Å². The average molecular weight is 759 g/mol. The van der Waals surface area contributed by atoms with Gasteiger partial charge in [0.25, 0.3) is 0 Å². The minimum absolute atomic E-state index is 0.0220. The van der Waals surface area contributed by atoms with Crippen LogP contribution in [-0.2, 0) is 21.3 Å². The summed E-state index contributed by atoms with van der Waals surface area (Å²) in [6.45, 7) is 18.9. The summed E-state index contributed by atoms with van der Waals surface area (Å²) in [5.41, 5.74) is 5.00. The molecule has 9 nitrogen and oxygen atoms in total. The molecule has 2 saturated heterocycles. The Bertz CT molecular complexity index is 2160. The lowest BCUT2D eigenvalue weighted by molar-refractivity contribution is -0.135. The minimum Gasteiger partial charge on any atom is -0.468 e. The summed E-state index contributed by atoms with van der Waals surface area (Å²) < 4.78 is 51.3. The summed E-state index contributed by atoms with van der Waals surface area (Å²) in [5, 5.41) is 6.19. The van der Waals surface area contributed by atoms with Crippen molar-refractivity contribution in [2.75, 3.05) is 20.4 Å². The maximum absolute atomic E-state index is 17.2. The highest BCUT2D eigenvalue weighted by atomic mass is 28.3. The van der Waals surface area contributed by atoms with Gasteiger partial charge in [0.2, 0.25) is 0 Å². The molecule has 4 heterocycles. The molecule has 1 saturated carbocycles. The van der Waals surface area contributed by atoms with Crippen LogP contribution in [0.3, 0.4) is 0 Å². The molecule has 0 spiro atoms. The third-order valence-electron chi connectivity index (χ3n) is 11.4. The molecule has 3 fully saturated rings. The van der Waals surface area contributed by atoms with E-state index >= 15 is 8.78 Å². The number of ether oxygens (including phenoxy) is 3. The second kappa shape index (κ2) is 14.7. The van der Waals surface area contributed by atoms with E-state index < -0.39 is 43.4 Å². The zero-order valence-electron chi connectivity index (χ0n) is 33.3. The Morgan fingerprint density at radius 2 is 1.74 bits per heavy atom. The molecule has 1 aliphatic carbocycles. The van der Waals surface area contributed by atoms with E-state index in [1.165, 1.54) is 22.8 Å². The zero-order chi connectivity index (χ0) is 39.4. The molecule has 288 valence electrons. The van der Waals surface area contributed by atoms with Crippen LogP contribution in [-0.4, -0.2) is 71.7 Å². The molecular formula is C42H52F2N4O5Si. The van der Waals surface area contributed by atoms with Crippen molar-refractivity contribution in [2.45, 2.75) is 109 Å². The molecule has 2 aromatic heterocycles. The van der Waals surface area contributed by atoms with Crippen LogP contribution in [0.15, 0.2) is 30.5 Å². The number of aromatic nitrogens is 3. The monoisotopic (exact) mass is 758 g/mol. The van der Waals surface area contributed by atoms with Gasteiger partial charge < -0.3 is 14.2 Å². The fourth-order valence-electron chi connectivity index (χ4n) is 9.09. The van der Waals surface area contributed by atoms with E-state index in [1.807, 2.05) is 0 Å². The van der Waals surface area contributed by atoms with Crippen molar-refractivity contribution in [3.63, 3.8) is 0 Å². The van der Waals surface area contributed by atoms with Crippen molar-refractivity contribution < 1.29 is 32.6 Å². The average Bonchev–Trinajstić information content (AvgIpc) is 3.43. The SMILES string of the molecule is COCOc1cc(-c2ncc3c(C4C(=O)C5CCC4CN5C(=O)OC(C)(C)C)nn(C)c3c2F)c2c(C#C[Si](C(C)C)(C(C)C)C(C)C)c(F)ccc2c1. The maximum atomic E-state index is 17.2. The van der Waals surface area contributed by atoms with E-state index in [0.717, 1.165) is 6.42 Å². The summed E-state index contributed by atoms with van der Waals surface area (Å²) >= 11 is 0. The molecule has 0 N–H and O–H groups in total. The van der Waals surface area contributed by atoms with E-state index in [2.05, 4.69) is 58.0 Å². The first-order valence-electron chi connectivity index (χ1n) is 18.9. The van der Waals surface area contributed by atoms with Crippen LogP contribution in [0, 0.1) is 29.0 Å². The summed E-state index contributed by atoms with van der Waals surface area (Å²) in [6, 6.07) is 5.79. The van der Waals surface area contributed by atoms with Crippen LogP contribution in [0.5, 0.6) is 5.75 Å². The van der Waals surface area contributed by atoms with Gasteiger partial charge in [-0.05, 0) is 79.7 Å². The fraction of sp³-hybridized carbons (Fsp3) is 0.524. The number of methoxy groups -OCH3 is 1. The van der Waals surface area contributed by atoms with Crippen LogP contribution in [0.4, 0.5) is 13.6 Å². The Balaban J connectivity index is 1.51. The Kier molecular flexibility index (Phi) is 10.7. The summed E-state index contributed by atoms with van der Waals surface area (Å²) in [7, 11) is 0.869. The lowest BCUT2D eigenvalue weighted by atomic mass is 9.69. The largest absolute Gasteiger partial charge is 0.468 e. The molecule has 2 aromatic carbocycles. The number of Topliss-reactive ketones (excluding diaryl/α,β-unsaturated/α-hetero) is 1. The molecule has 12 heteroatoms. The highest BCUT2D eigenvalue weighted by molar-refractivity contribution is 6.90. The predicted molar refractivity (Wildman–Crippen MR) is 209 cm³/mol. The van der Waals surface area contributed by atoms with Crippen molar-refractivity contribution in [2.24, 2.45) is 13.0 Å². The standard InChI is InChI=1S/C42H52F2N4O5Si/c1-23(2)54(24(3)4,25(5)6)17-16-29-32(43)14-12-26-18-28(52-22-51-11)19-30(34(26)29)38-36(44)39-31(20-45-38)37(46-47(39)10)35-27-13-15-33(40(35)49)48(21-27)41(50)53-42(7,8)9/h12,14,18-20,23-25,27,33,35H,13,15,21-22H2,1-11H3. The first-order chi connectivity index (χ1) is 25.4. The fourth-order valence-corrected chi connectivity index (χ4v) is 14.3. The Hall–Kier alpha value is -4.34. The second-order valence-electron chi connectivity index (χ2n) is 16.7. The molecule has 2 aliphatic heterocycles. The third kappa shape index (κ3) is 6.78. The van der Waals surface area contributed by atoms with Crippen LogP contribution >= 0.6 is 0 Å². The van der Waals surface area contributed by atoms with E-state index in [1.54, 1.807) is 52.2 Å². The molecule has 54 heavy (non-hydrogen) atoms. The predicted octanol–water partition coefficient (Wildman–Crippen LogP) is 9.30. The van der Waals surface area contributed by atoms with Crippen molar-refractivity contribution in [1.82, 2.24) is 19.7 Å². The molecule has 3 unspecified atom stereocenters. The number of rotatable bonds is 8. The zero-order valence-corrected chi connectivity index (χ0v) is 34.3. The lowest BCUT2D eigenvalue weighted by Crippen LogP contribution is -2.59. The topological polar surface area (TPSA) is 95.8 Å². The summed E-state index contributed by atoms with van der Waals surface area (Å²) in [5.74, 6) is 1.55. The van der Waals surface area contributed by atoms with Gasteiger partial charge in [0, 0.05) is 43.2 Å². The summed E-state index contributed by atoms with van der Waals surface area (Å²) in [4.78, 5) is 33.3. The molecule has 2 bridgehead atoms. The first kappa shape index (κ1) is 39.4. The van der Waals surface area contributed by atoms with E-state index in [0.29, 0.717) is 62.8 Å². The van der Waals surface area contributed by atoms with Crippen LogP contribution < -0.4 is 4.74 Å². The number of hydrogen-bond donors (Lipinski definition) is 0. The van der Waals surface area contributed by atoms with Gasteiger partial charge in [-0.1, -0.05) is 53.5 Å². The molecule has 4 aromatic rings. The molecular weight excluding hydrogens is 707 g/mol. The van der Waals surface area contributed by atoms with E-state index in [9.17, 15) is 9.59 Å². The van der Waals surface area contributed by atoms with Gasteiger partial charge in [0.05, 0.1) is 23.2 Å². The normalized spacial score (nSPS) is 19.0. The lowest BCUT2D eigenvalue weighted by Gasteiger charge is -2.47. The number of benzene rings is 2. The van der Waals surface area contributed by atoms with E-state index in [4.69, 9.17) is 19.3 Å². The first-order valence-corrected chi connectivity index (χ1v) is 21.1. The Morgan fingerprint density at radius 3 is 2.35 bits per heavy atom. The van der Waals surface area contributed by atoms with E-state index in [-0.39, 0.29) is 35.3 Å². The number of amides is 1. The van der Waals surface area contributed by atoms with Gasteiger partial charge in [-0.25, -0.2) is 13.6 Å².